The lowest BCUT2D eigenvalue weighted by Crippen LogP contribution is -2.45. The van der Waals surface area contributed by atoms with E-state index in [1.54, 1.807) is 0 Å². The fourth-order valence-electron chi connectivity index (χ4n) is 4.79. The Morgan fingerprint density at radius 1 is 1.13 bits per heavy atom. The molecule has 6 heteroatoms. The molecule has 2 N–H and O–H groups in total. The van der Waals surface area contributed by atoms with Crippen LogP contribution in [0, 0.1) is 0 Å². The highest BCUT2D eigenvalue weighted by Crippen LogP contribution is 2.23. The van der Waals surface area contributed by atoms with Crippen molar-refractivity contribution < 1.29 is 4.79 Å². The zero-order chi connectivity index (χ0) is 22.1. The van der Waals surface area contributed by atoms with Crippen molar-refractivity contribution in [2.45, 2.75) is 84.0 Å². The second kappa shape index (κ2) is 12.1. The maximum Gasteiger partial charge on any atom is 0.222 e. The summed E-state index contributed by atoms with van der Waals surface area (Å²) in [5.41, 5.74) is 2.66. The molecule has 1 heterocycles. The van der Waals surface area contributed by atoms with Gasteiger partial charge in [-0.1, -0.05) is 50.5 Å². The third-order valence-electron chi connectivity index (χ3n) is 6.67. The number of hydrogen-bond acceptors (Lipinski definition) is 3. The van der Waals surface area contributed by atoms with Crippen molar-refractivity contribution in [1.29, 1.82) is 0 Å². The molecule has 1 aromatic carbocycles. The minimum absolute atomic E-state index is 0.238. The zero-order valence-electron chi connectivity index (χ0n) is 19.7. The lowest BCUT2D eigenvalue weighted by molar-refractivity contribution is -0.129. The molecular formula is C25H41N5O. The Balaban J connectivity index is 1.61. The molecule has 2 aliphatic rings. The maximum atomic E-state index is 12.0. The van der Waals surface area contributed by atoms with E-state index in [-0.39, 0.29) is 11.9 Å². The maximum absolute atomic E-state index is 12.0. The predicted octanol–water partition coefficient (Wildman–Crippen LogP) is 3.52. The van der Waals surface area contributed by atoms with E-state index in [1.165, 1.54) is 43.2 Å². The van der Waals surface area contributed by atoms with Crippen LogP contribution >= 0.6 is 0 Å². The summed E-state index contributed by atoms with van der Waals surface area (Å²) < 4.78 is 0. The molecule has 1 unspecified atom stereocenters. The van der Waals surface area contributed by atoms with Crippen LogP contribution in [-0.2, 0) is 17.9 Å². The average Bonchev–Trinajstić information content (AvgIpc) is 3.27. The molecule has 1 aliphatic carbocycles. The summed E-state index contributed by atoms with van der Waals surface area (Å²) in [6.45, 7) is 8.08. The van der Waals surface area contributed by atoms with Gasteiger partial charge in [-0.05, 0) is 44.4 Å². The second-order valence-electron chi connectivity index (χ2n) is 8.99. The Bertz CT molecular complexity index is 728. The van der Waals surface area contributed by atoms with Crippen molar-refractivity contribution in [1.82, 2.24) is 20.4 Å². The van der Waals surface area contributed by atoms with Crippen LogP contribution in [0.3, 0.4) is 0 Å². The molecule has 1 saturated carbocycles. The molecular weight excluding hydrogens is 386 g/mol. The first-order valence-electron chi connectivity index (χ1n) is 12.2. The van der Waals surface area contributed by atoms with Crippen molar-refractivity contribution in [2.75, 3.05) is 26.7 Å². The number of benzene rings is 1. The standard InChI is InChI=1S/C25H41N5O/c1-4-24(31)30-16-15-22(19-30)28-25(26-5-2)27-17-20-11-9-10-12-21(20)18-29(3)23-13-7-6-8-14-23/h9-12,22-23H,4-8,13-19H2,1-3H3,(H2,26,27,28). The van der Waals surface area contributed by atoms with Crippen LogP contribution in [0.15, 0.2) is 29.3 Å². The Kier molecular flexibility index (Phi) is 9.19. The summed E-state index contributed by atoms with van der Waals surface area (Å²) in [6.07, 6.45) is 8.31. The van der Waals surface area contributed by atoms with Crippen LogP contribution < -0.4 is 10.6 Å². The number of carbonyl (C=O) groups excluding carboxylic acids is 1. The fraction of sp³-hybridized carbons (Fsp3) is 0.680. The quantitative estimate of drug-likeness (QED) is 0.492. The number of amides is 1. The molecule has 2 fully saturated rings. The van der Waals surface area contributed by atoms with Crippen LogP contribution in [0.1, 0.15) is 69.9 Å². The molecule has 1 atom stereocenters. The van der Waals surface area contributed by atoms with E-state index < -0.39 is 0 Å². The van der Waals surface area contributed by atoms with Crippen molar-refractivity contribution >= 4 is 11.9 Å². The fourth-order valence-corrected chi connectivity index (χ4v) is 4.79. The summed E-state index contributed by atoms with van der Waals surface area (Å²) in [6, 6.07) is 9.67. The van der Waals surface area contributed by atoms with E-state index in [1.807, 2.05) is 11.8 Å². The number of likely N-dealkylation sites (tertiary alicyclic amines) is 1. The molecule has 3 rings (SSSR count). The Morgan fingerprint density at radius 3 is 2.58 bits per heavy atom. The van der Waals surface area contributed by atoms with E-state index in [0.29, 0.717) is 19.0 Å². The van der Waals surface area contributed by atoms with Crippen LogP contribution in [0.25, 0.3) is 0 Å². The van der Waals surface area contributed by atoms with Gasteiger partial charge in [-0.3, -0.25) is 9.69 Å². The van der Waals surface area contributed by atoms with Crippen molar-refractivity contribution in [2.24, 2.45) is 4.99 Å². The van der Waals surface area contributed by atoms with Crippen LogP contribution in [0.4, 0.5) is 0 Å². The van der Waals surface area contributed by atoms with E-state index in [9.17, 15) is 4.79 Å². The van der Waals surface area contributed by atoms with Gasteiger partial charge in [0.05, 0.1) is 6.54 Å². The minimum Gasteiger partial charge on any atom is -0.357 e. The van der Waals surface area contributed by atoms with Gasteiger partial charge in [-0.2, -0.15) is 0 Å². The van der Waals surface area contributed by atoms with E-state index >= 15 is 0 Å². The molecule has 6 nitrogen and oxygen atoms in total. The first-order chi connectivity index (χ1) is 15.1. The summed E-state index contributed by atoms with van der Waals surface area (Å²) in [7, 11) is 2.27. The molecule has 1 amide bonds. The molecule has 0 radical (unpaired) electrons. The number of nitrogens with one attached hydrogen (secondary N) is 2. The normalized spacial score (nSPS) is 20.3. The van der Waals surface area contributed by atoms with E-state index in [0.717, 1.165) is 38.6 Å². The average molecular weight is 428 g/mol. The predicted molar refractivity (Wildman–Crippen MR) is 128 cm³/mol. The van der Waals surface area contributed by atoms with Crippen molar-refractivity contribution in [3.63, 3.8) is 0 Å². The van der Waals surface area contributed by atoms with Gasteiger partial charge >= 0.3 is 0 Å². The molecule has 1 saturated heterocycles. The SMILES string of the molecule is CCNC(=NCc1ccccc1CN(C)C1CCCCC1)NC1CCN(C(=O)CC)C1. The molecule has 1 aliphatic heterocycles. The molecule has 1 aromatic rings. The second-order valence-corrected chi connectivity index (χ2v) is 8.99. The van der Waals surface area contributed by atoms with Gasteiger partial charge < -0.3 is 15.5 Å². The summed E-state index contributed by atoms with van der Waals surface area (Å²) in [5, 5.41) is 6.92. The van der Waals surface area contributed by atoms with Gasteiger partial charge in [-0.15, -0.1) is 0 Å². The summed E-state index contributed by atoms with van der Waals surface area (Å²) in [4.78, 5) is 21.3. The van der Waals surface area contributed by atoms with Crippen LogP contribution in [0.2, 0.25) is 0 Å². The Morgan fingerprint density at radius 2 is 1.87 bits per heavy atom. The van der Waals surface area contributed by atoms with E-state index in [2.05, 4.69) is 53.8 Å². The summed E-state index contributed by atoms with van der Waals surface area (Å²) in [5.74, 6) is 1.08. The van der Waals surface area contributed by atoms with Gasteiger partial charge in [-0.25, -0.2) is 4.99 Å². The van der Waals surface area contributed by atoms with Gasteiger partial charge in [0.1, 0.15) is 0 Å². The van der Waals surface area contributed by atoms with Gasteiger partial charge in [0.15, 0.2) is 5.96 Å². The van der Waals surface area contributed by atoms with Gasteiger partial charge in [0, 0.05) is 44.7 Å². The highest BCUT2D eigenvalue weighted by Gasteiger charge is 2.25. The number of guanidine groups is 1. The molecule has 0 bridgehead atoms. The third kappa shape index (κ3) is 6.96. The largest absolute Gasteiger partial charge is 0.357 e. The topological polar surface area (TPSA) is 60.0 Å². The van der Waals surface area contributed by atoms with Crippen molar-refractivity contribution in [3.8, 4) is 0 Å². The first kappa shape index (κ1) is 23.6. The number of carbonyl (C=O) groups is 1. The molecule has 0 aromatic heterocycles. The van der Waals surface area contributed by atoms with Gasteiger partial charge in [0.2, 0.25) is 5.91 Å². The highest BCUT2D eigenvalue weighted by atomic mass is 16.2. The lowest BCUT2D eigenvalue weighted by atomic mass is 9.94. The minimum atomic E-state index is 0.238. The van der Waals surface area contributed by atoms with Gasteiger partial charge in [0.25, 0.3) is 0 Å². The molecule has 0 spiro atoms. The van der Waals surface area contributed by atoms with E-state index in [4.69, 9.17) is 4.99 Å². The third-order valence-corrected chi connectivity index (χ3v) is 6.67. The number of aliphatic imine (C=N–C) groups is 1. The zero-order valence-corrected chi connectivity index (χ0v) is 19.7. The summed E-state index contributed by atoms with van der Waals surface area (Å²) >= 11 is 0. The van der Waals surface area contributed by atoms with Crippen LogP contribution in [-0.4, -0.2) is 60.4 Å². The van der Waals surface area contributed by atoms with Crippen LogP contribution in [0.5, 0.6) is 0 Å². The number of nitrogens with zero attached hydrogens (tertiary/aromatic N) is 3. The molecule has 31 heavy (non-hydrogen) atoms. The van der Waals surface area contributed by atoms with Crippen molar-refractivity contribution in [3.05, 3.63) is 35.4 Å². The highest BCUT2D eigenvalue weighted by molar-refractivity contribution is 5.80. The number of hydrogen-bond donors (Lipinski definition) is 2. The monoisotopic (exact) mass is 427 g/mol. The first-order valence-corrected chi connectivity index (χ1v) is 12.2. The Hall–Kier alpha value is -2.08. The smallest absolute Gasteiger partial charge is 0.222 e. The lowest BCUT2D eigenvalue weighted by Gasteiger charge is -2.31. The number of rotatable bonds is 8. The Labute approximate surface area is 188 Å². The molecule has 172 valence electrons.